The van der Waals surface area contributed by atoms with Crippen LogP contribution in [-0.2, 0) is 0 Å². The van der Waals surface area contributed by atoms with E-state index < -0.39 is 4.92 Å². The van der Waals surface area contributed by atoms with Crippen LogP contribution in [0.3, 0.4) is 0 Å². The average molecular weight is 284 g/mol. The van der Waals surface area contributed by atoms with Gasteiger partial charge in [0.2, 0.25) is 0 Å². The van der Waals surface area contributed by atoms with E-state index in [0.717, 1.165) is 5.69 Å². The van der Waals surface area contributed by atoms with Crippen molar-refractivity contribution in [1.82, 2.24) is 0 Å². The lowest BCUT2D eigenvalue weighted by atomic mass is 10.2. The van der Waals surface area contributed by atoms with E-state index in [4.69, 9.17) is 0 Å². The zero-order valence-electron chi connectivity index (χ0n) is 12.1. The van der Waals surface area contributed by atoms with Gasteiger partial charge in [-0.15, -0.1) is 0 Å². The first kappa shape index (κ1) is 14.6. The first-order valence-corrected chi connectivity index (χ1v) is 6.41. The van der Waals surface area contributed by atoms with Crippen molar-refractivity contribution < 1.29 is 4.92 Å². The first-order valence-electron chi connectivity index (χ1n) is 6.41. The summed E-state index contributed by atoms with van der Waals surface area (Å²) in [6.45, 7) is 1.69. The minimum Gasteiger partial charge on any atom is -0.378 e. The van der Waals surface area contributed by atoms with Gasteiger partial charge in [0.05, 0.1) is 16.3 Å². The average Bonchev–Trinajstić information content (AvgIpc) is 2.46. The number of hydrogen-bond acceptors (Lipinski definition) is 5. The van der Waals surface area contributed by atoms with Crippen molar-refractivity contribution in [3.63, 3.8) is 0 Å². The molecule has 0 aliphatic heterocycles. The Morgan fingerprint density at radius 3 is 2.14 bits per heavy atom. The number of benzene rings is 2. The normalized spacial score (nSPS) is 10.8. The number of nitrogens with zero attached hydrogens (tertiary/aromatic N) is 4. The zero-order chi connectivity index (χ0) is 15.4. The Bertz CT molecular complexity index is 679. The van der Waals surface area contributed by atoms with Crippen molar-refractivity contribution in [2.45, 2.75) is 6.92 Å². The fourth-order valence-electron chi connectivity index (χ4n) is 1.79. The molecule has 6 nitrogen and oxygen atoms in total. The Labute approximate surface area is 122 Å². The van der Waals surface area contributed by atoms with Crippen LogP contribution in [0.2, 0.25) is 0 Å². The molecule has 0 saturated carbocycles. The number of azo groups is 1. The summed E-state index contributed by atoms with van der Waals surface area (Å²) < 4.78 is 0. The molecule has 0 bridgehead atoms. The summed E-state index contributed by atoms with van der Waals surface area (Å²) in [7, 11) is 3.92. The van der Waals surface area contributed by atoms with Crippen LogP contribution in [0, 0.1) is 17.0 Å². The molecule has 0 radical (unpaired) electrons. The molecule has 21 heavy (non-hydrogen) atoms. The highest BCUT2D eigenvalue weighted by Gasteiger charge is 2.10. The SMILES string of the molecule is Cc1ccc(N=Nc2ccc(N(C)C)cc2)cc1[N+](=O)[O-]. The predicted octanol–water partition coefficient (Wildman–Crippen LogP) is 4.38. The van der Waals surface area contributed by atoms with E-state index >= 15 is 0 Å². The van der Waals surface area contributed by atoms with Crippen molar-refractivity contribution in [3.05, 3.63) is 58.1 Å². The monoisotopic (exact) mass is 284 g/mol. The van der Waals surface area contributed by atoms with Crippen LogP contribution in [0.5, 0.6) is 0 Å². The van der Waals surface area contributed by atoms with Crippen molar-refractivity contribution in [2.24, 2.45) is 10.2 Å². The van der Waals surface area contributed by atoms with Crippen LogP contribution in [-0.4, -0.2) is 19.0 Å². The van der Waals surface area contributed by atoms with E-state index in [-0.39, 0.29) is 5.69 Å². The maximum atomic E-state index is 10.9. The maximum Gasteiger partial charge on any atom is 0.274 e. The molecule has 0 aromatic heterocycles. The van der Waals surface area contributed by atoms with Crippen LogP contribution < -0.4 is 4.90 Å². The van der Waals surface area contributed by atoms with Crippen molar-refractivity contribution in [2.75, 3.05) is 19.0 Å². The lowest BCUT2D eigenvalue weighted by Gasteiger charge is -2.11. The number of rotatable bonds is 4. The molecular weight excluding hydrogens is 268 g/mol. The van der Waals surface area contributed by atoms with Gasteiger partial charge in [-0.05, 0) is 37.3 Å². The lowest BCUT2D eigenvalue weighted by molar-refractivity contribution is -0.385. The van der Waals surface area contributed by atoms with Gasteiger partial charge in [0, 0.05) is 31.4 Å². The Morgan fingerprint density at radius 2 is 1.57 bits per heavy atom. The van der Waals surface area contributed by atoms with E-state index in [0.29, 0.717) is 16.9 Å². The largest absolute Gasteiger partial charge is 0.378 e. The summed E-state index contributed by atoms with van der Waals surface area (Å²) in [6.07, 6.45) is 0. The van der Waals surface area contributed by atoms with Gasteiger partial charge >= 0.3 is 0 Å². The number of nitro groups is 1. The topological polar surface area (TPSA) is 71.1 Å². The Morgan fingerprint density at radius 1 is 1.00 bits per heavy atom. The van der Waals surface area contributed by atoms with Gasteiger partial charge in [-0.2, -0.15) is 10.2 Å². The molecule has 0 aliphatic carbocycles. The minimum absolute atomic E-state index is 0.0504. The van der Waals surface area contributed by atoms with Crippen LogP contribution in [0.4, 0.5) is 22.7 Å². The van der Waals surface area contributed by atoms with Gasteiger partial charge in [0.1, 0.15) is 0 Å². The highest BCUT2D eigenvalue weighted by Crippen LogP contribution is 2.26. The summed E-state index contributed by atoms with van der Waals surface area (Å²) in [5.41, 5.74) is 2.89. The number of hydrogen-bond donors (Lipinski definition) is 0. The van der Waals surface area contributed by atoms with Gasteiger partial charge in [-0.25, -0.2) is 0 Å². The number of anilines is 1. The van der Waals surface area contributed by atoms with Crippen molar-refractivity contribution in [3.8, 4) is 0 Å². The smallest absolute Gasteiger partial charge is 0.274 e. The molecule has 0 unspecified atom stereocenters. The number of aryl methyl sites for hydroxylation is 1. The maximum absolute atomic E-state index is 10.9. The standard InChI is InChI=1S/C15H16N4O2/c1-11-4-5-13(10-15(11)19(20)21)17-16-12-6-8-14(9-7-12)18(2)3/h4-10H,1-3H3. The van der Waals surface area contributed by atoms with E-state index in [1.807, 2.05) is 43.3 Å². The van der Waals surface area contributed by atoms with Crippen molar-refractivity contribution >= 4 is 22.7 Å². The fraction of sp³-hybridized carbons (Fsp3) is 0.200. The quantitative estimate of drug-likeness (QED) is 0.475. The van der Waals surface area contributed by atoms with Gasteiger partial charge in [0.25, 0.3) is 5.69 Å². The van der Waals surface area contributed by atoms with Gasteiger partial charge in [-0.3, -0.25) is 10.1 Å². The van der Waals surface area contributed by atoms with Crippen molar-refractivity contribution in [1.29, 1.82) is 0 Å². The predicted molar refractivity (Wildman–Crippen MR) is 82.8 cm³/mol. The summed E-state index contributed by atoms with van der Waals surface area (Å²) in [6, 6.07) is 12.4. The molecule has 0 aliphatic rings. The highest BCUT2D eigenvalue weighted by atomic mass is 16.6. The van der Waals surface area contributed by atoms with Crippen LogP contribution >= 0.6 is 0 Å². The van der Waals surface area contributed by atoms with E-state index in [2.05, 4.69) is 10.2 Å². The molecule has 0 amide bonds. The third-order valence-electron chi connectivity index (χ3n) is 3.04. The molecule has 2 aromatic carbocycles. The Kier molecular flexibility index (Phi) is 4.27. The Hall–Kier alpha value is -2.76. The van der Waals surface area contributed by atoms with Crippen LogP contribution in [0.15, 0.2) is 52.7 Å². The van der Waals surface area contributed by atoms with Crippen LogP contribution in [0.1, 0.15) is 5.56 Å². The lowest BCUT2D eigenvalue weighted by Crippen LogP contribution is -2.07. The molecule has 0 heterocycles. The van der Waals surface area contributed by atoms with Gasteiger partial charge in [0.15, 0.2) is 0 Å². The molecule has 2 rings (SSSR count). The molecule has 0 N–H and O–H groups in total. The fourth-order valence-corrected chi connectivity index (χ4v) is 1.79. The third kappa shape index (κ3) is 3.62. The second-order valence-corrected chi connectivity index (χ2v) is 4.84. The molecular formula is C15H16N4O2. The molecule has 6 heteroatoms. The summed E-state index contributed by atoms with van der Waals surface area (Å²) in [5, 5.41) is 19.0. The molecule has 0 atom stereocenters. The van der Waals surface area contributed by atoms with Gasteiger partial charge in [-0.1, -0.05) is 6.07 Å². The number of nitro benzene ring substituents is 1. The van der Waals surface area contributed by atoms with E-state index in [1.54, 1.807) is 19.1 Å². The Balaban J connectivity index is 2.21. The molecule has 0 spiro atoms. The summed E-state index contributed by atoms with van der Waals surface area (Å²) in [4.78, 5) is 12.5. The molecule has 108 valence electrons. The van der Waals surface area contributed by atoms with E-state index in [1.165, 1.54) is 6.07 Å². The second-order valence-electron chi connectivity index (χ2n) is 4.84. The molecule has 0 saturated heterocycles. The second kappa shape index (κ2) is 6.13. The summed E-state index contributed by atoms with van der Waals surface area (Å²) >= 11 is 0. The van der Waals surface area contributed by atoms with Gasteiger partial charge < -0.3 is 4.90 Å². The minimum atomic E-state index is -0.416. The van der Waals surface area contributed by atoms with Crippen LogP contribution in [0.25, 0.3) is 0 Å². The molecule has 0 fully saturated rings. The third-order valence-corrected chi connectivity index (χ3v) is 3.04. The summed E-state index contributed by atoms with van der Waals surface area (Å²) in [5.74, 6) is 0. The molecule has 2 aromatic rings. The van der Waals surface area contributed by atoms with E-state index in [9.17, 15) is 10.1 Å². The highest BCUT2D eigenvalue weighted by molar-refractivity contribution is 5.53. The zero-order valence-corrected chi connectivity index (χ0v) is 12.1. The first-order chi connectivity index (χ1) is 9.97.